The number of halogens is 4. The van der Waals surface area contributed by atoms with E-state index in [0.717, 1.165) is 25.0 Å². The Morgan fingerprint density at radius 3 is 2.32 bits per heavy atom. The third-order valence-corrected chi connectivity index (χ3v) is 7.15. The Morgan fingerprint density at radius 2 is 1.70 bits per heavy atom. The number of hydrogen-bond donors (Lipinski definition) is 1. The number of aromatic nitrogens is 2. The van der Waals surface area contributed by atoms with Crippen LogP contribution in [0, 0.1) is 11.2 Å². The summed E-state index contributed by atoms with van der Waals surface area (Å²) in [5.74, 6) is -1.83. The third kappa shape index (κ3) is 4.37. The Kier molecular flexibility index (Phi) is 5.86. The lowest BCUT2D eigenvalue weighted by Gasteiger charge is -2.17. The molecule has 1 aromatic heterocycles. The zero-order valence-corrected chi connectivity index (χ0v) is 20.1. The highest BCUT2D eigenvalue weighted by atomic mass is 19.4. The SMILES string of the molecule is Cn1c(=O)n(CC2(C)CC2)c2ccc(-c3ccc(C(F)(F)F)cc3C(=O)C(O)c3ccccc3)c(F)c21. The van der Waals surface area contributed by atoms with Gasteiger partial charge in [0.25, 0.3) is 0 Å². The summed E-state index contributed by atoms with van der Waals surface area (Å²) in [6, 6.07) is 13.1. The zero-order valence-electron chi connectivity index (χ0n) is 20.1. The summed E-state index contributed by atoms with van der Waals surface area (Å²) in [7, 11) is 1.43. The lowest BCUT2D eigenvalue weighted by atomic mass is 9.90. The van der Waals surface area contributed by atoms with Gasteiger partial charge < -0.3 is 5.11 Å². The van der Waals surface area contributed by atoms with Crippen molar-refractivity contribution in [2.24, 2.45) is 12.5 Å². The maximum Gasteiger partial charge on any atom is 0.416 e. The van der Waals surface area contributed by atoms with E-state index in [1.807, 2.05) is 6.92 Å². The lowest BCUT2D eigenvalue weighted by Crippen LogP contribution is -2.25. The van der Waals surface area contributed by atoms with E-state index in [1.165, 1.54) is 34.4 Å². The average Bonchev–Trinajstić information content (AvgIpc) is 3.56. The summed E-state index contributed by atoms with van der Waals surface area (Å²) < 4.78 is 59.3. The van der Waals surface area contributed by atoms with Gasteiger partial charge in [0, 0.05) is 24.7 Å². The molecule has 0 amide bonds. The minimum Gasteiger partial charge on any atom is -0.380 e. The first-order valence-electron chi connectivity index (χ1n) is 11.8. The number of benzene rings is 3. The normalized spacial score (nSPS) is 15.6. The highest BCUT2D eigenvalue weighted by molar-refractivity contribution is 6.06. The summed E-state index contributed by atoms with van der Waals surface area (Å²) in [6.45, 7) is 2.47. The molecule has 1 N–H and O–H groups in total. The second kappa shape index (κ2) is 8.69. The van der Waals surface area contributed by atoms with Crippen LogP contribution in [0.25, 0.3) is 22.2 Å². The first-order chi connectivity index (χ1) is 17.4. The van der Waals surface area contributed by atoms with Gasteiger partial charge in [-0.1, -0.05) is 43.3 Å². The van der Waals surface area contributed by atoms with Gasteiger partial charge >= 0.3 is 11.9 Å². The minimum absolute atomic E-state index is 0.00588. The molecule has 192 valence electrons. The van der Waals surface area contributed by atoms with Crippen LogP contribution in [0.3, 0.4) is 0 Å². The number of carbonyl (C=O) groups excluding carboxylic acids is 1. The second-order valence-corrected chi connectivity index (χ2v) is 9.97. The molecule has 0 radical (unpaired) electrons. The molecule has 1 aliphatic carbocycles. The number of ketones is 1. The van der Waals surface area contributed by atoms with E-state index in [2.05, 4.69) is 0 Å². The number of imidazole rings is 1. The Hall–Kier alpha value is -3.72. The Labute approximate surface area is 209 Å². The minimum atomic E-state index is -4.76. The Balaban J connectivity index is 1.69. The molecule has 1 saturated carbocycles. The molecule has 3 aromatic carbocycles. The van der Waals surface area contributed by atoms with Crippen LogP contribution in [0.4, 0.5) is 17.6 Å². The number of aryl methyl sites for hydroxylation is 1. The van der Waals surface area contributed by atoms with Gasteiger partial charge in [0.05, 0.1) is 11.1 Å². The molecule has 1 unspecified atom stereocenters. The van der Waals surface area contributed by atoms with Gasteiger partial charge in [-0.15, -0.1) is 0 Å². The molecule has 0 saturated heterocycles. The van der Waals surface area contributed by atoms with E-state index in [-0.39, 0.29) is 27.6 Å². The fraction of sp³-hybridized carbons (Fsp3) is 0.286. The first kappa shape index (κ1) is 25.0. The van der Waals surface area contributed by atoms with E-state index in [4.69, 9.17) is 0 Å². The molecule has 4 aromatic rings. The van der Waals surface area contributed by atoms with E-state index in [0.29, 0.717) is 18.1 Å². The summed E-state index contributed by atoms with van der Waals surface area (Å²) in [6.07, 6.45) is -4.60. The van der Waals surface area contributed by atoms with Crippen LogP contribution in [0.2, 0.25) is 0 Å². The third-order valence-electron chi connectivity index (χ3n) is 7.15. The number of fused-ring (bicyclic) bond motifs is 1. The first-order valence-corrected chi connectivity index (χ1v) is 11.8. The topological polar surface area (TPSA) is 64.2 Å². The van der Waals surface area contributed by atoms with Crippen molar-refractivity contribution in [1.29, 1.82) is 0 Å². The average molecular weight is 513 g/mol. The van der Waals surface area contributed by atoms with Gasteiger partial charge in [-0.05, 0) is 53.6 Å². The van der Waals surface area contributed by atoms with Crippen molar-refractivity contribution >= 4 is 16.8 Å². The summed E-state index contributed by atoms with van der Waals surface area (Å²) in [4.78, 5) is 26.2. The number of carbonyl (C=O) groups is 1. The molecular formula is C28H24F4N2O3. The summed E-state index contributed by atoms with van der Waals surface area (Å²) in [5, 5.41) is 10.7. The standard InChI is InChI=1S/C28H24F4N2O3/c1-27(12-13-27)15-34-21-11-10-19(22(29)23(21)33(2)26(34)37)18-9-8-17(28(30,31)32)14-20(18)25(36)24(35)16-6-4-3-5-7-16/h3-11,14,24,35H,12-13,15H2,1-2H3. The molecule has 0 aliphatic heterocycles. The van der Waals surface area contributed by atoms with Crippen molar-refractivity contribution in [3.05, 3.63) is 93.7 Å². The lowest BCUT2D eigenvalue weighted by molar-refractivity contribution is -0.137. The van der Waals surface area contributed by atoms with Gasteiger partial charge in [-0.25, -0.2) is 9.18 Å². The molecule has 5 nitrogen and oxygen atoms in total. The van der Waals surface area contributed by atoms with Crippen molar-refractivity contribution in [2.45, 2.75) is 38.6 Å². The van der Waals surface area contributed by atoms with Crippen LogP contribution in [-0.4, -0.2) is 20.0 Å². The monoisotopic (exact) mass is 512 g/mol. The van der Waals surface area contributed by atoms with Crippen LogP contribution in [0.15, 0.2) is 65.5 Å². The molecule has 0 spiro atoms. The van der Waals surface area contributed by atoms with Gasteiger partial charge in [0.15, 0.2) is 11.6 Å². The summed E-state index contributed by atoms with van der Waals surface area (Å²) >= 11 is 0. The highest BCUT2D eigenvalue weighted by Gasteiger charge is 2.39. The number of aliphatic hydroxyl groups is 1. The Morgan fingerprint density at radius 1 is 1.05 bits per heavy atom. The molecule has 1 fully saturated rings. The van der Waals surface area contributed by atoms with Crippen LogP contribution in [-0.2, 0) is 19.8 Å². The quantitative estimate of drug-likeness (QED) is 0.259. The van der Waals surface area contributed by atoms with Crippen molar-refractivity contribution < 1.29 is 27.5 Å². The van der Waals surface area contributed by atoms with Gasteiger partial charge in [0.2, 0.25) is 0 Å². The van der Waals surface area contributed by atoms with Crippen LogP contribution >= 0.6 is 0 Å². The van der Waals surface area contributed by atoms with E-state index < -0.39 is 40.7 Å². The number of Topliss-reactive ketones (excluding diaryl/α,β-unsaturated/α-hetero) is 1. The maximum atomic E-state index is 16.0. The molecule has 1 heterocycles. The zero-order chi connectivity index (χ0) is 26.7. The molecule has 1 atom stereocenters. The number of nitrogens with zero attached hydrogens (tertiary/aromatic N) is 2. The van der Waals surface area contributed by atoms with E-state index >= 15 is 4.39 Å². The molecule has 37 heavy (non-hydrogen) atoms. The van der Waals surface area contributed by atoms with Gasteiger partial charge in [-0.3, -0.25) is 13.9 Å². The largest absolute Gasteiger partial charge is 0.416 e. The predicted octanol–water partition coefficient (Wildman–Crippen LogP) is 5.88. The van der Waals surface area contributed by atoms with Crippen LogP contribution < -0.4 is 5.69 Å². The Bertz CT molecular complexity index is 1580. The van der Waals surface area contributed by atoms with Crippen LogP contribution in [0.1, 0.15) is 47.4 Å². The molecule has 0 bridgehead atoms. The highest BCUT2D eigenvalue weighted by Crippen LogP contribution is 2.46. The molecule has 5 rings (SSSR count). The second-order valence-electron chi connectivity index (χ2n) is 9.97. The van der Waals surface area contributed by atoms with Crippen molar-refractivity contribution in [1.82, 2.24) is 9.13 Å². The van der Waals surface area contributed by atoms with Crippen molar-refractivity contribution in [3.8, 4) is 11.1 Å². The van der Waals surface area contributed by atoms with Crippen molar-refractivity contribution in [3.63, 3.8) is 0 Å². The summed E-state index contributed by atoms with van der Waals surface area (Å²) in [5.41, 5.74) is -1.70. The van der Waals surface area contributed by atoms with Gasteiger partial charge in [0.1, 0.15) is 11.6 Å². The van der Waals surface area contributed by atoms with Crippen molar-refractivity contribution in [2.75, 3.05) is 0 Å². The smallest absolute Gasteiger partial charge is 0.380 e. The maximum absolute atomic E-state index is 16.0. The van der Waals surface area contributed by atoms with E-state index in [9.17, 15) is 27.9 Å². The molecule has 1 aliphatic rings. The number of alkyl halides is 3. The number of aliphatic hydroxyl groups excluding tert-OH is 1. The van der Waals surface area contributed by atoms with Crippen LogP contribution in [0.5, 0.6) is 0 Å². The molecule has 9 heteroatoms. The molecular weight excluding hydrogens is 488 g/mol. The fourth-order valence-electron chi connectivity index (χ4n) is 4.68. The van der Waals surface area contributed by atoms with E-state index in [1.54, 1.807) is 24.3 Å². The number of hydrogen-bond acceptors (Lipinski definition) is 3. The predicted molar refractivity (Wildman–Crippen MR) is 131 cm³/mol. The van der Waals surface area contributed by atoms with Gasteiger partial charge in [-0.2, -0.15) is 13.2 Å². The fourth-order valence-corrected chi connectivity index (χ4v) is 4.68. The number of rotatable bonds is 6.